The van der Waals surface area contributed by atoms with Crippen molar-refractivity contribution in [1.82, 2.24) is 16.0 Å². The molecular weight excluding hydrogens is 633 g/mol. The highest BCUT2D eigenvalue weighted by Gasteiger charge is 2.43. The number of halogens is 4. The van der Waals surface area contributed by atoms with Crippen molar-refractivity contribution in [3.05, 3.63) is 89.4 Å². The van der Waals surface area contributed by atoms with Gasteiger partial charge in [-0.3, -0.25) is 9.59 Å². The number of anilines is 1. The van der Waals surface area contributed by atoms with Crippen molar-refractivity contribution in [1.29, 1.82) is 0 Å². The van der Waals surface area contributed by atoms with Gasteiger partial charge in [0.25, 0.3) is 0 Å². The van der Waals surface area contributed by atoms with Gasteiger partial charge in [0.2, 0.25) is 11.8 Å². The molecule has 0 aliphatic rings. The number of alkyl halides is 3. The van der Waals surface area contributed by atoms with E-state index in [0.29, 0.717) is 35.7 Å². The van der Waals surface area contributed by atoms with Crippen LogP contribution in [0.5, 0.6) is 0 Å². The number of nitrogens with one attached hydrogen (secondary N) is 4. The number of carbonyl (C=O) groups is 5. The van der Waals surface area contributed by atoms with Crippen molar-refractivity contribution in [3.8, 4) is 11.1 Å². The van der Waals surface area contributed by atoms with Gasteiger partial charge in [0, 0.05) is 23.7 Å². The molecule has 0 aliphatic carbocycles. The summed E-state index contributed by atoms with van der Waals surface area (Å²) in [6.07, 6.45) is -5.11. The van der Waals surface area contributed by atoms with Crippen molar-refractivity contribution >= 4 is 47.1 Å². The van der Waals surface area contributed by atoms with E-state index in [0.717, 1.165) is 11.1 Å². The molecule has 1 unspecified atom stereocenters. The first-order chi connectivity index (χ1) is 21.9. The van der Waals surface area contributed by atoms with Crippen LogP contribution in [0.3, 0.4) is 0 Å². The van der Waals surface area contributed by atoms with Crippen molar-refractivity contribution < 1.29 is 46.9 Å². The molecule has 0 spiro atoms. The number of amides is 4. The Hall–Kier alpha value is -5.11. The van der Waals surface area contributed by atoms with Gasteiger partial charge >= 0.3 is 24.1 Å². The Labute approximate surface area is 266 Å². The Balaban J connectivity index is 1.47. The number of hydrogen-bond donors (Lipinski definition) is 4. The lowest BCUT2D eigenvalue weighted by Gasteiger charge is -2.19. The zero-order valence-electron chi connectivity index (χ0n) is 24.2. The van der Waals surface area contributed by atoms with E-state index >= 15 is 0 Å². The zero-order chi connectivity index (χ0) is 33.5. The highest BCUT2D eigenvalue weighted by atomic mass is 35.5. The van der Waals surface area contributed by atoms with Gasteiger partial charge in [0.1, 0.15) is 0 Å². The molecule has 4 N–H and O–H groups in total. The molecule has 0 bridgehead atoms. The van der Waals surface area contributed by atoms with Gasteiger partial charge < -0.3 is 21.3 Å². The van der Waals surface area contributed by atoms with E-state index in [1.807, 2.05) is 30.3 Å². The first-order valence-electron chi connectivity index (χ1n) is 13.9. The summed E-state index contributed by atoms with van der Waals surface area (Å²) in [7, 11) is 0. The second-order valence-electron chi connectivity index (χ2n) is 9.76. The predicted molar refractivity (Wildman–Crippen MR) is 161 cm³/mol. The van der Waals surface area contributed by atoms with Crippen LogP contribution in [-0.4, -0.2) is 49.0 Å². The number of urea groups is 1. The highest BCUT2D eigenvalue weighted by molar-refractivity contribution is 6.30. The normalized spacial score (nSPS) is 11.5. The predicted octanol–water partition coefficient (Wildman–Crippen LogP) is 5.23. The minimum absolute atomic E-state index is 0.0617. The van der Waals surface area contributed by atoms with Crippen LogP contribution in [0, 0.1) is 0 Å². The maximum absolute atomic E-state index is 12.6. The maximum Gasteiger partial charge on any atom is 0.495 e. The largest absolute Gasteiger partial charge is 0.495 e. The molecule has 4 amide bonds. The summed E-state index contributed by atoms with van der Waals surface area (Å²) in [6.45, 7) is -0.172. The molecule has 46 heavy (non-hydrogen) atoms. The van der Waals surface area contributed by atoms with Crippen LogP contribution in [0.4, 0.5) is 23.7 Å². The van der Waals surface area contributed by atoms with E-state index in [9.17, 15) is 37.1 Å². The van der Waals surface area contributed by atoms with Gasteiger partial charge in [0.05, 0.1) is 19.0 Å². The number of hydrogen-bond acceptors (Lipinski definition) is 7. The fourth-order valence-electron chi connectivity index (χ4n) is 3.99. The Morgan fingerprint density at radius 3 is 2.15 bits per heavy atom. The molecule has 0 fully saturated rings. The second-order valence-corrected chi connectivity index (χ2v) is 10.2. The minimum Gasteiger partial charge on any atom is -0.347 e. The number of carbonyl (C=O) groups excluding carboxylic acids is 5. The molecule has 11 nitrogen and oxygen atoms in total. The third-order valence-corrected chi connectivity index (χ3v) is 6.45. The quantitative estimate of drug-likeness (QED) is 0.111. The zero-order valence-corrected chi connectivity index (χ0v) is 25.0. The lowest BCUT2D eigenvalue weighted by molar-refractivity contribution is -0.286. The fraction of sp³-hybridized carbons (Fsp3) is 0.258. The molecular formula is C31H30ClF3N4O7. The molecule has 0 aromatic heterocycles. The standard InChI is InChI=1S/C31H30ClF3N4O7/c32-23-9-6-10-24(17-23)38-30(44)36-16-5-4-11-26(40)37-19-27(41)39-25(18-28(42)45-46-29(43)31(33,34)35)22-14-12-21(13-15-22)20-7-2-1-3-8-20/h1-3,6-10,12-15,17,25H,4-5,11,16,18-19H2,(H,37,40)(H,39,41)(H2,36,38,44). The number of unbranched alkanes of at least 4 members (excludes halogenated alkanes) is 1. The van der Waals surface area contributed by atoms with E-state index in [1.165, 1.54) is 0 Å². The van der Waals surface area contributed by atoms with Crippen LogP contribution in [0.1, 0.15) is 37.3 Å². The molecule has 0 radical (unpaired) electrons. The first-order valence-corrected chi connectivity index (χ1v) is 14.3. The van der Waals surface area contributed by atoms with E-state index in [1.54, 1.807) is 48.5 Å². The Morgan fingerprint density at radius 2 is 1.48 bits per heavy atom. The molecule has 0 aliphatic heterocycles. The van der Waals surface area contributed by atoms with E-state index in [-0.39, 0.29) is 6.42 Å². The smallest absolute Gasteiger partial charge is 0.347 e. The summed E-state index contributed by atoms with van der Waals surface area (Å²) < 4.78 is 37.1. The van der Waals surface area contributed by atoms with Crippen molar-refractivity contribution in [3.63, 3.8) is 0 Å². The second kappa shape index (κ2) is 17.4. The van der Waals surface area contributed by atoms with Crippen LogP contribution in [-0.2, 0) is 29.0 Å². The molecule has 244 valence electrons. The lowest BCUT2D eigenvalue weighted by Crippen LogP contribution is -2.39. The van der Waals surface area contributed by atoms with Crippen LogP contribution >= 0.6 is 11.6 Å². The van der Waals surface area contributed by atoms with Gasteiger partial charge in [0.15, 0.2) is 0 Å². The fourth-order valence-corrected chi connectivity index (χ4v) is 4.18. The van der Waals surface area contributed by atoms with Crippen molar-refractivity contribution in [2.75, 3.05) is 18.4 Å². The lowest BCUT2D eigenvalue weighted by atomic mass is 9.99. The Bertz CT molecular complexity index is 1510. The van der Waals surface area contributed by atoms with Gasteiger partial charge in [-0.2, -0.15) is 13.2 Å². The highest BCUT2D eigenvalue weighted by Crippen LogP contribution is 2.24. The summed E-state index contributed by atoms with van der Waals surface area (Å²) in [5, 5.41) is 10.7. The van der Waals surface area contributed by atoms with Gasteiger partial charge in [-0.05, 0) is 47.7 Å². The van der Waals surface area contributed by atoms with Gasteiger partial charge in [-0.25, -0.2) is 24.2 Å². The van der Waals surface area contributed by atoms with Crippen molar-refractivity contribution in [2.24, 2.45) is 0 Å². The number of rotatable bonds is 13. The molecule has 0 heterocycles. The summed E-state index contributed by atoms with van der Waals surface area (Å²) in [5.41, 5.74) is 2.63. The van der Waals surface area contributed by atoms with Crippen LogP contribution in [0.15, 0.2) is 78.9 Å². The summed E-state index contributed by atoms with van der Waals surface area (Å²) >= 11 is 5.88. The first kappa shape index (κ1) is 35.4. The van der Waals surface area contributed by atoms with Crippen LogP contribution in [0.2, 0.25) is 5.02 Å². The summed E-state index contributed by atoms with van der Waals surface area (Å²) in [5.74, 6) is -5.22. The topological polar surface area (TPSA) is 152 Å². The monoisotopic (exact) mass is 662 g/mol. The van der Waals surface area contributed by atoms with Crippen LogP contribution in [0.25, 0.3) is 11.1 Å². The third kappa shape index (κ3) is 12.5. The molecule has 3 aromatic carbocycles. The van der Waals surface area contributed by atoms with E-state index < -0.39 is 55.0 Å². The van der Waals surface area contributed by atoms with Crippen molar-refractivity contribution in [2.45, 2.75) is 37.9 Å². The van der Waals surface area contributed by atoms with E-state index in [4.69, 9.17) is 11.6 Å². The summed E-state index contributed by atoms with van der Waals surface area (Å²) in [6, 6.07) is 21.0. The third-order valence-electron chi connectivity index (χ3n) is 6.21. The summed E-state index contributed by atoms with van der Waals surface area (Å²) in [4.78, 5) is 67.5. The van der Waals surface area contributed by atoms with Gasteiger partial charge in [-0.15, -0.1) is 0 Å². The number of benzene rings is 3. The molecule has 0 saturated heterocycles. The average Bonchev–Trinajstić information content (AvgIpc) is 3.02. The van der Waals surface area contributed by atoms with E-state index in [2.05, 4.69) is 31.0 Å². The van der Waals surface area contributed by atoms with Crippen LogP contribution < -0.4 is 21.3 Å². The van der Waals surface area contributed by atoms with Gasteiger partial charge in [-0.1, -0.05) is 72.3 Å². The molecule has 3 aromatic rings. The molecule has 0 saturated carbocycles. The average molecular weight is 663 g/mol. The molecule has 15 heteroatoms. The maximum atomic E-state index is 12.6. The molecule has 3 rings (SSSR count). The SMILES string of the molecule is O=C(CCCCNC(=O)Nc1cccc(Cl)c1)NCC(=O)NC(CC(=O)OOC(=O)C(F)(F)F)c1ccc(-c2ccccc2)cc1. The molecule has 1 atom stereocenters. The Kier molecular flexibility index (Phi) is 13.4. The Morgan fingerprint density at radius 1 is 0.783 bits per heavy atom. The minimum atomic E-state index is -5.37.